The van der Waals surface area contributed by atoms with Gasteiger partial charge < -0.3 is 5.32 Å². The van der Waals surface area contributed by atoms with E-state index in [9.17, 15) is 52.7 Å². The molecule has 2 N–H and O–H groups in total. The molecule has 0 spiro atoms. The molecule has 0 amide bonds. The predicted octanol–water partition coefficient (Wildman–Crippen LogP) is 16.1. The van der Waals surface area contributed by atoms with Gasteiger partial charge in [-0.2, -0.15) is 0 Å². The minimum atomic E-state index is -7.22. The van der Waals surface area contributed by atoms with Crippen LogP contribution in [0.25, 0.3) is 0 Å². The van der Waals surface area contributed by atoms with Gasteiger partial charge in [0.2, 0.25) is 0 Å². The van der Waals surface area contributed by atoms with Crippen LogP contribution < -0.4 is 27.2 Å². The summed E-state index contributed by atoms with van der Waals surface area (Å²) in [6, 6.07) is 10.8. The summed E-state index contributed by atoms with van der Waals surface area (Å²) in [5.41, 5.74) is -12.9. The average Bonchev–Trinajstić information content (AvgIpc) is 3.62. The van der Waals surface area contributed by atoms with Gasteiger partial charge in [0.25, 0.3) is 0 Å². The van der Waals surface area contributed by atoms with Crippen molar-refractivity contribution in [1.82, 2.24) is 0 Å². The highest BCUT2D eigenvalue weighted by atomic mass is 19.2. The number of para-hydroxylation sites is 1. The Labute approximate surface area is 440 Å². The van der Waals surface area contributed by atoms with Crippen LogP contribution >= 0.6 is 0 Å². The highest BCUT2D eigenvalue weighted by Gasteiger charge is 2.52. The largest absolute Gasteiger partial charge is 0.314 e. The lowest BCUT2D eigenvalue weighted by atomic mass is 9.12. The molecular formula is C56H60BF20N. The molecule has 0 saturated carbocycles. The Morgan fingerprint density at radius 3 is 0.628 bits per heavy atom. The Hall–Kier alpha value is -5.28. The summed E-state index contributed by atoms with van der Waals surface area (Å²) < 4.78 is 294. The summed E-state index contributed by atoms with van der Waals surface area (Å²) in [5.74, 6) is -71.4. The standard InChI is InChI=1S/C32H59N.C24BF20/c1-2-3-4-5-6-7-8-9-10-11-12-13-14-15-16-17-18-19-20-21-22-23-24-28-31-33-32-29-26-25-27-30-32;26-5-1(6(27)14(35)21(42)13(5)34)25(2-7(28)15(36)22(43)16(37)8(2)29,3-9(30)17(38)23(44)18(39)10(3)31)4-11(32)19(40)24(45)20(41)12(4)33/h25-27,29-30,33H,2-24,28,31H2,1H3;/q;-1/p+1. The van der Waals surface area contributed by atoms with Crippen LogP contribution in [0.3, 0.4) is 0 Å². The first-order valence-electron chi connectivity index (χ1n) is 26.2. The van der Waals surface area contributed by atoms with Gasteiger partial charge in [-0.1, -0.05) is 166 Å². The minimum absolute atomic E-state index is 1.24. The van der Waals surface area contributed by atoms with E-state index in [-0.39, 0.29) is 0 Å². The number of quaternary nitrogens is 1. The van der Waals surface area contributed by atoms with E-state index in [0.717, 1.165) is 0 Å². The maximum absolute atomic E-state index is 15.4. The van der Waals surface area contributed by atoms with E-state index in [2.05, 4.69) is 42.6 Å². The summed E-state index contributed by atoms with van der Waals surface area (Å²) >= 11 is 0. The summed E-state index contributed by atoms with van der Waals surface area (Å²) in [5, 5.41) is 2.39. The van der Waals surface area contributed by atoms with Crippen molar-refractivity contribution in [2.45, 2.75) is 161 Å². The molecule has 432 valence electrons. The number of benzene rings is 5. The quantitative estimate of drug-likeness (QED) is 0.0118. The summed E-state index contributed by atoms with van der Waals surface area (Å²) in [6.45, 7) is 3.54. The molecule has 0 unspecified atom stereocenters. The van der Waals surface area contributed by atoms with E-state index in [1.165, 1.54) is 166 Å². The molecule has 0 aliphatic heterocycles. The van der Waals surface area contributed by atoms with Gasteiger partial charge in [-0.25, -0.2) is 87.8 Å². The number of nitrogens with two attached hydrogens (primary N) is 1. The molecule has 0 radical (unpaired) electrons. The second-order valence-corrected chi connectivity index (χ2v) is 19.3. The van der Waals surface area contributed by atoms with E-state index in [1.54, 1.807) is 0 Å². The lowest BCUT2D eigenvalue weighted by Gasteiger charge is -2.44. The van der Waals surface area contributed by atoms with Gasteiger partial charge in [0.15, 0.2) is 69.8 Å². The Kier molecular flexibility index (Phi) is 26.3. The van der Waals surface area contributed by atoms with Crippen molar-refractivity contribution in [2.24, 2.45) is 0 Å². The van der Waals surface area contributed by atoms with Gasteiger partial charge in [-0.3, -0.25) is 0 Å². The van der Waals surface area contributed by atoms with E-state index in [0.29, 0.717) is 0 Å². The molecule has 0 atom stereocenters. The fourth-order valence-corrected chi connectivity index (χ4v) is 9.84. The van der Waals surface area contributed by atoms with E-state index >= 15 is 35.1 Å². The van der Waals surface area contributed by atoms with Crippen molar-refractivity contribution >= 4 is 33.7 Å². The molecular weight excluding hydrogens is 1080 g/mol. The van der Waals surface area contributed by atoms with Crippen LogP contribution in [0.1, 0.15) is 161 Å². The molecule has 5 aromatic rings. The molecule has 78 heavy (non-hydrogen) atoms. The molecule has 0 heterocycles. The average molecular weight is 1140 g/mol. The van der Waals surface area contributed by atoms with Crippen LogP contribution in [-0.2, 0) is 0 Å². The second-order valence-electron chi connectivity index (χ2n) is 19.3. The van der Waals surface area contributed by atoms with Gasteiger partial charge in [0.1, 0.15) is 58.4 Å². The normalized spacial score (nSPS) is 11.7. The lowest BCUT2D eigenvalue weighted by molar-refractivity contribution is -0.572. The highest BCUT2D eigenvalue weighted by molar-refractivity contribution is 7.20. The van der Waals surface area contributed by atoms with Gasteiger partial charge in [0.05, 0.1) is 6.54 Å². The smallest absolute Gasteiger partial charge is 0.200 e. The molecule has 0 aliphatic carbocycles. The molecule has 0 aliphatic rings. The van der Waals surface area contributed by atoms with Crippen LogP contribution in [0.2, 0.25) is 0 Å². The van der Waals surface area contributed by atoms with E-state index < -0.39 is 144 Å². The molecule has 0 saturated heterocycles. The summed E-state index contributed by atoms with van der Waals surface area (Å²) in [6.07, 6.45) is 27.9. The maximum atomic E-state index is 15.4. The molecule has 5 rings (SSSR count). The van der Waals surface area contributed by atoms with Crippen LogP contribution in [0, 0.1) is 116 Å². The molecule has 0 bridgehead atoms. The number of halogens is 20. The number of hydrogen-bond donors (Lipinski definition) is 1. The first-order chi connectivity index (χ1) is 37.1. The fraction of sp³-hybridized carbons (Fsp3) is 0.464. The first kappa shape index (κ1) is 65.2. The minimum Gasteiger partial charge on any atom is -0.314 e. The van der Waals surface area contributed by atoms with Gasteiger partial charge in [-0.05, 0) is 25.0 Å². The zero-order valence-electron chi connectivity index (χ0n) is 42.8. The van der Waals surface area contributed by atoms with Crippen LogP contribution in [0.5, 0.6) is 0 Å². The molecule has 0 aromatic heterocycles. The lowest BCUT2D eigenvalue weighted by Crippen LogP contribution is -2.81. The third-order valence-electron chi connectivity index (χ3n) is 13.9. The van der Waals surface area contributed by atoms with Gasteiger partial charge in [0, 0.05) is 0 Å². The predicted molar refractivity (Wildman–Crippen MR) is 259 cm³/mol. The highest BCUT2D eigenvalue weighted by Crippen LogP contribution is 2.31. The molecule has 22 heteroatoms. The van der Waals surface area contributed by atoms with Crippen molar-refractivity contribution in [3.05, 3.63) is 147 Å². The number of hydrogen-bond acceptors (Lipinski definition) is 0. The Balaban J connectivity index is 0.000000354. The maximum Gasteiger partial charge on any atom is 0.200 e. The van der Waals surface area contributed by atoms with Crippen LogP contribution in [-0.4, -0.2) is 12.7 Å². The van der Waals surface area contributed by atoms with Crippen molar-refractivity contribution < 1.29 is 93.1 Å². The molecule has 0 fully saturated rings. The zero-order chi connectivity index (χ0) is 57.9. The fourth-order valence-electron chi connectivity index (χ4n) is 9.84. The van der Waals surface area contributed by atoms with Crippen LogP contribution in [0.15, 0.2) is 30.3 Å². The summed E-state index contributed by atoms with van der Waals surface area (Å²) in [4.78, 5) is 0. The number of rotatable bonds is 30. The third-order valence-corrected chi connectivity index (χ3v) is 13.9. The third kappa shape index (κ3) is 15.3. The second kappa shape index (κ2) is 31.5. The van der Waals surface area contributed by atoms with Gasteiger partial charge in [-0.15, -0.1) is 21.9 Å². The molecule has 1 nitrogen and oxygen atoms in total. The van der Waals surface area contributed by atoms with Crippen molar-refractivity contribution in [3.63, 3.8) is 0 Å². The van der Waals surface area contributed by atoms with Crippen LogP contribution in [0.4, 0.5) is 93.5 Å². The summed E-state index contributed by atoms with van der Waals surface area (Å²) in [7, 11) is 0. The first-order valence-corrected chi connectivity index (χ1v) is 26.2. The Morgan fingerprint density at radius 1 is 0.244 bits per heavy atom. The van der Waals surface area contributed by atoms with Gasteiger partial charge >= 0.3 is 0 Å². The topological polar surface area (TPSA) is 16.6 Å². The van der Waals surface area contributed by atoms with E-state index in [4.69, 9.17) is 0 Å². The zero-order valence-corrected chi connectivity index (χ0v) is 42.8. The van der Waals surface area contributed by atoms with Crippen molar-refractivity contribution in [1.29, 1.82) is 0 Å². The van der Waals surface area contributed by atoms with Crippen molar-refractivity contribution in [2.75, 3.05) is 6.54 Å². The Bertz CT molecular complexity index is 2360. The Morgan fingerprint density at radius 2 is 0.423 bits per heavy atom. The number of unbranched alkanes of at least 4 members (excludes halogenated alkanes) is 23. The van der Waals surface area contributed by atoms with E-state index in [1.807, 2.05) is 0 Å². The van der Waals surface area contributed by atoms with Crippen molar-refractivity contribution in [3.8, 4) is 0 Å². The SMILES string of the molecule is CCCCCCCCCCCCCCCCCCCCCCCCCC[NH2+]c1ccccc1.Fc1c(F)c(F)c([B-](c2c(F)c(F)c(F)c(F)c2F)(c2c(F)c(F)c(F)c(F)c2F)c2c(F)c(F)c(F)c(F)c2F)c(F)c1F. The molecule has 5 aromatic carbocycles. The monoisotopic (exact) mass is 1140 g/mol.